The predicted molar refractivity (Wildman–Crippen MR) is 200 cm³/mol. The maximum atomic E-state index is 2.65. The van der Waals surface area contributed by atoms with Gasteiger partial charge in [-0.25, -0.2) is 0 Å². The third kappa shape index (κ3) is 11.8. The first-order valence-electron chi connectivity index (χ1n) is 19.7. The van der Waals surface area contributed by atoms with E-state index in [0.29, 0.717) is 33.5 Å². The molecule has 0 nitrogen and oxygen atoms in total. The van der Waals surface area contributed by atoms with Gasteiger partial charge in [-0.05, 0) is 103 Å². The molecular weight excluding hydrogens is 516 g/mol. The molecule has 0 saturated carbocycles. The maximum absolute atomic E-state index is 2.65. The van der Waals surface area contributed by atoms with Crippen LogP contribution in [0.25, 0.3) is 0 Å². The molecule has 0 aromatic rings. The van der Waals surface area contributed by atoms with Crippen LogP contribution >= 0.6 is 0 Å². The fourth-order valence-electron chi connectivity index (χ4n) is 9.36. The highest BCUT2D eigenvalue weighted by molar-refractivity contribution is 5.13. The lowest BCUT2D eigenvalue weighted by molar-refractivity contribution is 0.0534. The number of hydrogen-bond donors (Lipinski definition) is 0. The largest absolute Gasteiger partial charge is 0.0879 e. The zero-order valence-electron chi connectivity index (χ0n) is 33.4. The third-order valence-corrected chi connectivity index (χ3v) is 14.6. The molecule has 0 heterocycles. The van der Waals surface area contributed by atoms with E-state index in [1.54, 1.807) is 5.57 Å². The lowest BCUT2D eigenvalue weighted by Crippen LogP contribution is -2.36. The lowest BCUT2D eigenvalue weighted by Gasteiger charge is -2.46. The molecule has 0 rings (SSSR count). The van der Waals surface area contributed by atoms with Crippen molar-refractivity contribution in [3.05, 3.63) is 11.6 Å². The van der Waals surface area contributed by atoms with Crippen LogP contribution < -0.4 is 0 Å². The van der Waals surface area contributed by atoms with Gasteiger partial charge < -0.3 is 0 Å². The molecule has 0 aliphatic rings. The molecule has 43 heavy (non-hydrogen) atoms. The predicted octanol–water partition coefficient (Wildman–Crippen LogP) is 15.4. The highest BCUT2D eigenvalue weighted by Crippen LogP contribution is 2.52. The summed E-state index contributed by atoms with van der Waals surface area (Å²) in [6.07, 6.45) is 21.2. The first-order valence-corrected chi connectivity index (χ1v) is 19.7. The van der Waals surface area contributed by atoms with Gasteiger partial charge >= 0.3 is 0 Å². The van der Waals surface area contributed by atoms with Crippen molar-refractivity contribution < 1.29 is 0 Å². The van der Waals surface area contributed by atoms with Gasteiger partial charge in [-0.2, -0.15) is 0 Å². The van der Waals surface area contributed by atoms with E-state index in [2.05, 4.69) is 124 Å². The van der Waals surface area contributed by atoms with Crippen LogP contribution in [0.5, 0.6) is 0 Å². The van der Waals surface area contributed by atoms with Gasteiger partial charge in [-0.15, -0.1) is 0 Å². The van der Waals surface area contributed by atoms with Gasteiger partial charge in [-0.1, -0.05) is 174 Å². The summed E-state index contributed by atoms with van der Waals surface area (Å²) in [5, 5.41) is 0. The molecule has 0 bridgehead atoms. The molecule has 0 aliphatic carbocycles. The van der Waals surface area contributed by atoms with E-state index >= 15 is 0 Å². The molecule has 9 atom stereocenters. The monoisotopic (exact) mass is 603 g/mol. The molecule has 9 unspecified atom stereocenters. The Labute approximate surface area is 275 Å². The average Bonchev–Trinajstić information content (AvgIpc) is 2.99. The Hall–Kier alpha value is -0.260. The minimum Gasteiger partial charge on any atom is -0.0879 e. The Kier molecular flexibility index (Phi) is 19.3. The highest BCUT2D eigenvalue weighted by Gasteiger charge is 2.41. The smallest absolute Gasteiger partial charge is 0.0175 e. The first-order chi connectivity index (χ1) is 20.0. The van der Waals surface area contributed by atoms with E-state index in [0.717, 1.165) is 23.7 Å². The van der Waals surface area contributed by atoms with Crippen LogP contribution in [0.1, 0.15) is 208 Å². The van der Waals surface area contributed by atoms with Crippen LogP contribution in [0.15, 0.2) is 11.6 Å². The Bertz CT molecular complexity index is 756. The second kappa shape index (κ2) is 19.4. The highest BCUT2D eigenvalue weighted by atomic mass is 14.5. The van der Waals surface area contributed by atoms with Crippen LogP contribution in [0.2, 0.25) is 0 Å². The first kappa shape index (κ1) is 42.7. The van der Waals surface area contributed by atoms with E-state index < -0.39 is 0 Å². The maximum Gasteiger partial charge on any atom is -0.0175 e. The summed E-state index contributed by atoms with van der Waals surface area (Å²) < 4.78 is 0. The van der Waals surface area contributed by atoms with Crippen LogP contribution in [0, 0.1) is 57.2 Å². The standard InChI is InChI=1S/C43H86/c1-18-27-40(15,22-5)35(12)28-34(11)39(21-4)37(14)42(17,24-7)31-38(20-3)32-43(25-8,26-9)30-36(13)41(16,23-6)29-33(10)19-2/h21,33-38H,18-20,22-32H2,1-17H3. The van der Waals surface area contributed by atoms with Crippen molar-refractivity contribution in [1.29, 1.82) is 0 Å². The van der Waals surface area contributed by atoms with E-state index in [1.165, 1.54) is 89.9 Å². The van der Waals surface area contributed by atoms with Crippen molar-refractivity contribution in [2.24, 2.45) is 57.2 Å². The molecule has 0 spiro atoms. The second-order valence-electron chi connectivity index (χ2n) is 17.0. The molecular formula is C43H86. The lowest BCUT2D eigenvalue weighted by atomic mass is 9.59. The van der Waals surface area contributed by atoms with Crippen LogP contribution in [-0.2, 0) is 0 Å². The summed E-state index contributed by atoms with van der Waals surface area (Å²) >= 11 is 0. The van der Waals surface area contributed by atoms with Gasteiger partial charge in [0.1, 0.15) is 0 Å². The van der Waals surface area contributed by atoms with Crippen molar-refractivity contribution >= 4 is 0 Å². The third-order valence-electron chi connectivity index (χ3n) is 14.6. The van der Waals surface area contributed by atoms with Gasteiger partial charge in [0, 0.05) is 0 Å². The molecule has 0 saturated heterocycles. The van der Waals surface area contributed by atoms with Crippen molar-refractivity contribution in [2.45, 2.75) is 208 Å². The quantitative estimate of drug-likeness (QED) is 0.0964. The second-order valence-corrected chi connectivity index (χ2v) is 17.0. The molecule has 0 heteroatoms. The van der Waals surface area contributed by atoms with E-state index in [-0.39, 0.29) is 0 Å². The molecule has 0 aromatic heterocycles. The zero-order valence-corrected chi connectivity index (χ0v) is 33.4. The number of allylic oxidation sites excluding steroid dienone is 2. The minimum atomic E-state index is 0.352. The molecule has 0 aliphatic heterocycles. The Morgan fingerprint density at radius 1 is 0.581 bits per heavy atom. The molecule has 0 fully saturated rings. The summed E-state index contributed by atoms with van der Waals surface area (Å²) in [6, 6.07) is 0. The summed E-state index contributed by atoms with van der Waals surface area (Å²) in [5.74, 6) is 4.47. The molecule has 258 valence electrons. The Morgan fingerprint density at radius 2 is 1.12 bits per heavy atom. The van der Waals surface area contributed by atoms with E-state index in [1.807, 2.05) is 0 Å². The minimum absolute atomic E-state index is 0.352. The van der Waals surface area contributed by atoms with Gasteiger partial charge in [0.15, 0.2) is 0 Å². The molecule has 0 amide bonds. The summed E-state index contributed by atoms with van der Waals surface area (Å²) in [7, 11) is 0. The fraction of sp³-hybridized carbons (Fsp3) is 0.953. The molecule has 0 N–H and O–H groups in total. The van der Waals surface area contributed by atoms with Crippen molar-refractivity contribution in [3.63, 3.8) is 0 Å². The number of hydrogen-bond acceptors (Lipinski definition) is 0. The summed E-state index contributed by atoms with van der Waals surface area (Å²) in [5.41, 5.74) is 3.48. The van der Waals surface area contributed by atoms with Crippen LogP contribution in [-0.4, -0.2) is 0 Å². The Balaban J connectivity index is 6.01. The van der Waals surface area contributed by atoms with Crippen molar-refractivity contribution in [3.8, 4) is 0 Å². The Morgan fingerprint density at radius 3 is 1.51 bits per heavy atom. The van der Waals surface area contributed by atoms with Gasteiger partial charge in [0.2, 0.25) is 0 Å². The van der Waals surface area contributed by atoms with E-state index in [9.17, 15) is 0 Å². The topological polar surface area (TPSA) is 0 Å². The molecule has 0 radical (unpaired) electrons. The van der Waals surface area contributed by atoms with Crippen molar-refractivity contribution in [2.75, 3.05) is 0 Å². The number of rotatable bonds is 24. The van der Waals surface area contributed by atoms with Gasteiger partial charge in [-0.3, -0.25) is 0 Å². The molecule has 0 aromatic carbocycles. The zero-order chi connectivity index (χ0) is 33.6. The fourth-order valence-corrected chi connectivity index (χ4v) is 9.36. The van der Waals surface area contributed by atoms with Crippen LogP contribution in [0.3, 0.4) is 0 Å². The SMILES string of the molecule is CC=C(C(C)CC(C)C(C)(CC)CCC)C(C)C(C)(CC)CC(CC)CC(CC)(CC)CC(C)C(C)(CC)CC(C)CC. The van der Waals surface area contributed by atoms with Crippen LogP contribution in [0.4, 0.5) is 0 Å². The normalized spacial score (nSPS) is 21.7. The summed E-state index contributed by atoms with van der Waals surface area (Å²) in [6.45, 7) is 42.5. The van der Waals surface area contributed by atoms with Gasteiger partial charge in [0.25, 0.3) is 0 Å². The summed E-state index contributed by atoms with van der Waals surface area (Å²) in [4.78, 5) is 0. The van der Waals surface area contributed by atoms with E-state index in [4.69, 9.17) is 0 Å². The van der Waals surface area contributed by atoms with Crippen molar-refractivity contribution in [1.82, 2.24) is 0 Å². The average molecular weight is 603 g/mol. The van der Waals surface area contributed by atoms with Gasteiger partial charge in [0.05, 0.1) is 0 Å².